The largest absolute Gasteiger partial charge is 0.404 e. The summed E-state index contributed by atoms with van der Waals surface area (Å²) in [5.74, 6) is 0. The van der Waals surface area contributed by atoms with Gasteiger partial charge < -0.3 is 5.73 Å². The molecule has 0 atom stereocenters. The van der Waals surface area contributed by atoms with Gasteiger partial charge in [0, 0.05) is 6.21 Å². The summed E-state index contributed by atoms with van der Waals surface area (Å²) in [6.07, 6.45) is 4.27. The van der Waals surface area contributed by atoms with E-state index in [1.165, 1.54) is 0 Å². The fraction of sp³-hybridized carbons (Fsp3) is 0.400. The number of hydrogen-bond acceptors (Lipinski definition) is 2. The first kappa shape index (κ1) is 7.94. The van der Waals surface area contributed by atoms with Gasteiger partial charge in [-0.15, -0.1) is 0 Å². The quantitative estimate of drug-likeness (QED) is 0.562. The van der Waals surface area contributed by atoms with Crippen molar-refractivity contribution in [1.82, 2.24) is 0 Å². The molecule has 0 spiro atoms. The molecule has 2 nitrogen and oxygen atoms in total. The molecule has 0 aliphatic rings. The summed E-state index contributed by atoms with van der Waals surface area (Å²) in [6.45, 7) is 2.04. The maximum Gasteiger partial charge on any atom is 0.0831 e. The van der Waals surface area contributed by atoms with Gasteiger partial charge in [0.2, 0.25) is 0 Å². The molecule has 0 rings (SSSR count). The predicted molar refractivity (Wildman–Crippen MR) is 45.1 cm³/mol. The van der Waals surface area contributed by atoms with E-state index in [0.717, 1.165) is 12.0 Å². The van der Waals surface area contributed by atoms with E-state index in [1.807, 2.05) is 29.8 Å². The summed E-state index contributed by atoms with van der Waals surface area (Å²) in [7, 11) is 0. The summed E-state index contributed by atoms with van der Waals surface area (Å²) < 4.78 is 3.77. The Labute approximate surface area is 63.4 Å². The van der Waals surface area contributed by atoms with Gasteiger partial charge in [-0.2, -0.15) is 0 Å². The Balaban J connectivity index is 3.72. The lowest BCUT2D eigenvalue weighted by atomic mass is 10.2. The van der Waals surface area contributed by atoms with Crippen LogP contribution in [0.4, 0.5) is 0 Å². The van der Waals surface area contributed by atoms with Crippen LogP contribution in [0.3, 0.4) is 0 Å². The van der Waals surface area contributed by atoms with Crippen LogP contribution in [0, 0.1) is 0 Å². The molecule has 0 aliphatic heterocycles. The van der Waals surface area contributed by atoms with Crippen molar-refractivity contribution in [2.75, 3.05) is 0 Å². The molecule has 0 heterocycles. The van der Waals surface area contributed by atoms with Crippen molar-refractivity contribution in [3.63, 3.8) is 0 Å². The molecule has 0 saturated carbocycles. The van der Waals surface area contributed by atoms with Crippen molar-refractivity contribution in [1.29, 1.82) is 0 Å². The summed E-state index contributed by atoms with van der Waals surface area (Å²) in [5, 5.41) is 0. The molecule has 0 aromatic carbocycles. The van der Waals surface area contributed by atoms with Crippen molar-refractivity contribution in [2.45, 2.75) is 13.3 Å². The molecule has 46 valence electrons. The van der Waals surface area contributed by atoms with Gasteiger partial charge in [-0.3, -0.25) is 0 Å². The van der Waals surface area contributed by atoms with Crippen molar-refractivity contribution in [2.24, 2.45) is 8.94 Å². The zero-order chi connectivity index (χ0) is 6.41. The Bertz CT molecular complexity index is 104. The first-order chi connectivity index (χ1) is 3.85. The van der Waals surface area contributed by atoms with E-state index >= 15 is 0 Å². The minimum absolute atomic E-state index is 0.947. The number of nitrogens with zero attached hydrogens (tertiary/aromatic N) is 1. The average Bonchev–Trinajstić information content (AvgIpc) is 1.83. The normalized spacial score (nSPS) is 13.0. The minimum atomic E-state index is 0.947. The third-order valence-corrected chi connectivity index (χ3v) is 1.12. The molecule has 0 aromatic rings. The predicted octanol–water partition coefficient (Wildman–Crippen LogP) is 1.66. The summed E-state index contributed by atoms with van der Waals surface area (Å²) in [6, 6.07) is 0. The van der Waals surface area contributed by atoms with Crippen LogP contribution >= 0.6 is 22.9 Å². The van der Waals surface area contributed by atoms with Crippen molar-refractivity contribution < 1.29 is 0 Å². The van der Waals surface area contributed by atoms with E-state index in [0.29, 0.717) is 0 Å². The SMILES string of the molecule is CC/C(C=NI)=C/N. The second kappa shape index (κ2) is 5.08. The molecule has 0 amide bonds. The monoisotopic (exact) mass is 224 g/mol. The molecule has 0 saturated heterocycles. The lowest BCUT2D eigenvalue weighted by Gasteiger charge is -1.88. The van der Waals surface area contributed by atoms with Gasteiger partial charge in [0.25, 0.3) is 0 Å². The maximum atomic E-state index is 5.21. The maximum absolute atomic E-state index is 5.21. The number of halogens is 1. The molecule has 0 radical (unpaired) electrons. The molecule has 0 bridgehead atoms. The van der Waals surface area contributed by atoms with Gasteiger partial charge in [0.1, 0.15) is 0 Å². The van der Waals surface area contributed by atoms with E-state index < -0.39 is 0 Å². The molecule has 3 heteroatoms. The Hall–Kier alpha value is -0.0600. The van der Waals surface area contributed by atoms with Gasteiger partial charge in [0.15, 0.2) is 0 Å². The fourth-order valence-corrected chi connectivity index (χ4v) is 0.673. The molecule has 0 unspecified atom stereocenters. The third-order valence-electron chi connectivity index (χ3n) is 0.837. The highest BCUT2D eigenvalue weighted by Crippen LogP contribution is 1.94. The van der Waals surface area contributed by atoms with E-state index in [4.69, 9.17) is 5.73 Å². The number of allylic oxidation sites excluding steroid dienone is 1. The van der Waals surface area contributed by atoms with Crippen LogP contribution in [0.15, 0.2) is 15.0 Å². The first-order valence-electron chi connectivity index (χ1n) is 2.40. The Morgan fingerprint density at radius 1 is 1.88 bits per heavy atom. The molecule has 0 aromatic heterocycles. The first-order valence-corrected chi connectivity index (χ1v) is 3.36. The molecular weight excluding hydrogens is 215 g/mol. The number of nitrogens with two attached hydrogens (primary N) is 1. The fourth-order valence-electron chi connectivity index (χ4n) is 0.315. The lowest BCUT2D eigenvalue weighted by molar-refractivity contribution is 1.17. The third kappa shape index (κ3) is 3.01. The van der Waals surface area contributed by atoms with Crippen LogP contribution < -0.4 is 5.73 Å². The van der Waals surface area contributed by atoms with Crippen LogP contribution in [-0.2, 0) is 0 Å². The zero-order valence-electron chi connectivity index (χ0n) is 4.76. The average molecular weight is 224 g/mol. The summed E-state index contributed by atoms with van der Waals surface area (Å²) in [4.78, 5) is 0. The van der Waals surface area contributed by atoms with E-state index in [2.05, 4.69) is 3.21 Å². The summed E-state index contributed by atoms with van der Waals surface area (Å²) >= 11 is 1.92. The lowest BCUT2D eigenvalue weighted by Crippen LogP contribution is -1.87. The second-order valence-corrected chi connectivity index (χ2v) is 1.88. The Morgan fingerprint density at radius 3 is 2.62 bits per heavy atom. The van der Waals surface area contributed by atoms with E-state index in [-0.39, 0.29) is 0 Å². The molecular formula is C5H9IN2. The smallest absolute Gasteiger partial charge is 0.0831 e. The highest BCUT2D eigenvalue weighted by atomic mass is 127. The standard InChI is InChI=1S/C5H9IN2/c1-2-5(3-7)4-8-6/h3-4H,2,7H2,1H3/b5-3-,8-4?. The van der Waals surface area contributed by atoms with Crippen LogP contribution in [0.25, 0.3) is 0 Å². The number of hydrogen-bond donors (Lipinski definition) is 1. The second-order valence-electron chi connectivity index (χ2n) is 1.32. The Morgan fingerprint density at radius 2 is 2.50 bits per heavy atom. The van der Waals surface area contributed by atoms with Crippen LogP contribution in [0.5, 0.6) is 0 Å². The van der Waals surface area contributed by atoms with Crippen LogP contribution in [0.1, 0.15) is 13.3 Å². The van der Waals surface area contributed by atoms with Gasteiger partial charge in [-0.25, -0.2) is 3.21 Å². The highest BCUT2D eigenvalue weighted by Gasteiger charge is 1.82. The van der Waals surface area contributed by atoms with Gasteiger partial charge in [-0.05, 0) is 18.2 Å². The highest BCUT2D eigenvalue weighted by molar-refractivity contribution is 14.1. The van der Waals surface area contributed by atoms with Crippen molar-refractivity contribution in [3.8, 4) is 0 Å². The van der Waals surface area contributed by atoms with E-state index in [9.17, 15) is 0 Å². The molecule has 2 N–H and O–H groups in total. The van der Waals surface area contributed by atoms with Crippen LogP contribution in [-0.4, -0.2) is 6.21 Å². The zero-order valence-corrected chi connectivity index (χ0v) is 6.92. The van der Waals surface area contributed by atoms with Gasteiger partial charge in [-0.1, -0.05) is 6.92 Å². The number of rotatable bonds is 2. The van der Waals surface area contributed by atoms with Crippen molar-refractivity contribution >= 4 is 29.1 Å². The molecule has 0 aliphatic carbocycles. The van der Waals surface area contributed by atoms with Crippen molar-refractivity contribution in [3.05, 3.63) is 11.8 Å². The van der Waals surface area contributed by atoms with Gasteiger partial charge in [0.05, 0.1) is 22.9 Å². The molecule has 8 heavy (non-hydrogen) atoms. The van der Waals surface area contributed by atoms with Crippen LogP contribution in [0.2, 0.25) is 0 Å². The summed E-state index contributed by atoms with van der Waals surface area (Å²) in [5.41, 5.74) is 6.28. The molecule has 0 fully saturated rings. The minimum Gasteiger partial charge on any atom is -0.404 e. The topological polar surface area (TPSA) is 38.4 Å². The van der Waals surface area contributed by atoms with E-state index in [1.54, 1.807) is 12.4 Å². The van der Waals surface area contributed by atoms with Gasteiger partial charge >= 0.3 is 0 Å². The Kier molecular flexibility index (Phi) is 5.05.